The molecule has 0 unspecified atom stereocenters. The second kappa shape index (κ2) is 5.76. The van der Waals surface area contributed by atoms with E-state index in [-0.39, 0.29) is 0 Å². The molecule has 0 fully saturated rings. The summed E-state index contributed by atoms with van der Waals surface area (Å²) in [4.78, 5) is 6.53. The fourth-order valence-corrected chi connectivity index (χ4v) is 1.99. The van der Waals surface area contributed by atoms with Crippen LogP contribution in [0.15, 0.2) is 23.2 Å². The maximum Gasteiger partial charge on any atom is 0.191 e. The summed E-state index contributed by atoms with van der Waals surface area (Å²) in [5, 5.41) is 6.62. The van der Waals surface area contributed by atoms with Crippen LogP contribution in [0.1, 0.15) is 17.5 Å². The molecule has 1 heterocycles. The van der Waals surface area contributed by atoms with Crippen LogP contribution in [0, 0.1) is 6.92 Å². The van der Waals surface area contributed by atoms with Gasteiger partial charge >= 0.3 is 0 Å². The number of guanidine groups is 1. The van der Waals surface area contributed by atoms with Crippen molar-refractivity contribution >= 4 is 11.6 Å². The zero-order valence-corrected chi connectivity index (χ0v) is 11.5. The van der Waals surface area contributed by atoms with Crippen molar-refractivity contribution in [2.75, 3.05) is 32.1 Å². The number of hydrogen-bond acceptors (Lipinski definition) is 4. The monoisotopic (exact) mass is 246 g/mol. The molecule has 0 aliphatic carbocycles. The molecule has 0 saturated carbocycles. The van der Waals surface area contributed by atoms with Gasteiger partial charge in [-0.05, 0) is 36.6 Å². The minimum absolute atomic E-state index is 0.825. The number of aryl methyl sites for hydroxylation is 1. The number of rotatable bonds is 3. The van der Waals surface area contributed by atoms with Crippen molar-refractivity contribution in [1.29, 1.82) is 0 Å². The second-order valence-corrected chi connectivity index (χ2v) is 4.87. The minimum Gasteiger partial charge on any atom is -0.378 e. The van der Waals surface area contributed by atoms with Crippen molar-refractivity contribution in [1.82, 2.24) is 10.6 Å². The lowest BCUT2D eigenvalue weighted by molar-refractivity contribution is 0.701. The van der Waals surface area contributed by atoms with E-state index in [0.717, 1.165) is 32.0 Å². The summed E-state index contributed by atoms with van der Waals surface area (Å²) in [6.07, 6.45) is 1.13. The van der Waals surface area contributed by atoms with Crippen molar-refractivity contribution in [2.24, 2.45) is 4.99 Å². The molecule has 0 spiro atoms. The van der Waals surface area contributed by atoms with Gasteiger partial charge in [-0.15, -0.1) is 0 Å². The smallest absolute Gasteiger partial charge is 0.191 e. The van der Waals surface area contributed by atoms with Gasteiger partial charge in [-0.25, -0.2) is 0 Å². The van der Waals surface area contributed by atoms with Crippen LogP contribution in [0.25, 0.3) is 0 Å². The Kier molecular flexibility index (Phi) is 4.07. The van der Waals surface area contributed by atoms with E-state index in [1.165, 1.54) is 16.8 Å². The molecule has 0 atom stereocenters. The van der Waals surface area contributed by atoms with Gasteiger partial charge < -0.3 is 15.5 Å². The first-order chi connectivity index (χ1) is 8.66. The first-order valence-corrected chi connectivity index (χ1v) is 6.46. The average Bonchev–Trinajstić information content (AvgIpc) is 2.38. The van der Waals surface area contributed by atoms with Crippen molar-refractivity contribution in [3.8, 4) is 0 Å². The Labute approximate surface area is 109 Å². The standard InChI is InChI=1S/C14H22N4/c1-11-9-13(18(2)3)6-5-12(11)10-17-14-15-7-4-8-16-14/h5-6,9H,4,7-8,10H2,1-3H3,(H2,15,16,17). The highest BCUT2D eigenvalue weighted by atomic mass is 15.2. The summed E-state index contributed by atoms with van der Waals surface area (Å²) in [5.74, 6) is 0.928. The predicted molar refractivity (Wildman–Crippen MR) is 77.3 cm³/mol. The number of aliphatic imine (C=N–C) groups is 1. The molecular weight excluding hydrogens is 224 g/mol. The van der Waals surface area contributed by atoms with E-state index >= 15 is 0 Å². The predicted octanol–water partition coefficient (Wildman–Crippen LogP) is 1.50. The first-order valence-electron chi connectivity index (χ1n) is 6.46. The normalized spacial score (nSPS) is 14.7. The van der Waals surface area contributed by atoms with Gasteiger partial charge in [-0.2, -0.15) is 0 Å². The highest BCUT2D eigenvalue weighted by Gasteiger charge is 2.05. The summed E-state index contributed by atoms with van der Waals surface area (Å²) in [5.41, 5.74) is 3.87. The third-order valence-electron chi connectivity index (χ3n) is 3.19. The maximum absolute atomic E-state index is 4.41. The second-order valence-electron chi connectivity index (χ2n) is 4.87. The molecule has 0 bridgehead atoms. The van der Waals surface area contributed by atoms with Crippen molar-refractivity contribution in [3.05, 3.63) is 29.3 Å². The van der Waals surface area contributed by atoms with Gasteiger partial charge in [0, 0.05) is 39.4 Å². The van der Waals surface area contributed by atoms with Gasteiger partial charge in [-0.1, -0.05) is 6.07 Å². The summed E-state index contributed by atoms with van der Waals surface area (Å²) < 4.78 is 0. The summed E-state index contributed by atoms with van der Waals surface area (Å²) >= 11 is 0. The fraction of sp³-hybridized carbons (Fsp3) is 0.500. The lowest BCUT2D eigenvalue weighted by Gasteiger charge is -2.18. The average molecular weight is 246 g/mol. The van der Waals surface area contributed by atoms with Gasteiger partial charge in [0.2, 0.25) is 0 Å². The van der Waals surface area contributed by atoms with Gasteiger partial charge in [0.05, 0.1) is 0 Å². The summed E-state index contributed by atoms with van der Waals surface area (Å²) in [6.45, 7) is 4.92. The molecule has 4 heteroatoms. The Hall–Kier alpha value is -1.71. The van der Waals surface area contributed by atoms with Gasteiger partial charge in [0.15, 0.2) is 5.96 Å². The van der Waals surface area contributed by atoms with E-state index in [4.69, 9.17) is 0 Å². The highest BCUT2D eigenvalue weighted by Crippen LogP contribution is 2.17. The molecule has 0 amide bonds. The molecule has 0 saturated heterocycles. The number of benzene rings is 1. The van der Waals surface area contributed by atoms with Gasteiger partial charge in [0.25, 0.3) is 0 Å². The van der Waals surface area contributed by atoms with Crippen molar-refractivity contribution in [2.45, 2.75) is 19.9 Å². The molecule has 18 heavy (non-hydrogen) atoms. The van der Waals surface area contributed by atoms with Crippen LogP contribution < -0.4 is 15.5 Å². The van der Waals surface area contributed by atoms with E-state index in [0.29, 0.717) is 0 Å². The summed E-state index contributed by atoms with van der Waals surface area (Å²) in [6, 6.07) is 6.55. The third-order valence-corrected chi connectivity index (χ3v) is 3.19. The number of anilines is 1. The number of nitrogens with zero attached hydrogens (tertiary/aromatic N) is 2. The van der Waals surface area contributed by atoms with E-state index in [1.807, 2.05) is 0 Å². The molecule has 2 N–H and O–H groups in total. The van der Waals surface area contributed by atoms with Crippen LogP contribution in [0.5, 0.6) is 0 Å². The van der Waals surface area contributed by atoms with Crippen molar-refractivity contribution < 1.29 is 0 Å². The minimum atomic E-state index is 0.825. The van der Waals surface area contributed by atoms with Crippen LogP contribution in [-0.4, -0.2) is 33.1 Å². The van der Waals surface area contributed by atoms with Crippen LogP contribution >= 0.6 is 0 Å². The molecule has 0 radical (unpaired) electrons. The van der Waals surface area contributed by atoms with E-state index in [9.17, 15) is 0 Å². The number of hydrogen-bond donors (Lipinski definition) is 2. The fourth-order valence-electron chi connectivity index (χ4n) is 1.99. The lowest BCUT2D eigenvalue weighted by Crippen LogP contribution is -2.40. The van der Waals surface area contributed by atoms with Crippen LogP contribution in [0.4, 0.5) is 5.69 Å². The highest BCUT2D eigenvalue weighted by molar-refractivity contribution is 5.80. The largest absolute Gasteiger partial charge is 0.378 e. The van der Waals surface area contributed by atoms with E-state index < -0.39 is 0 Å². The molecule has 1 aliphatic rings. The van der Waals surface area contributed by atoms with E-state index in [1.54, 1.807) is 0 Å². The van der Waals surface area contributed by atoms with Crippen molar-refractivity contribution in [3.63, 3.8) is 0 Å². The van der Waals surface area contributed by atoms with Crippen LogP contribution in [0.3, 0.4) is 0 Å². The molecule has 98 valence electrons. The Balaban J connectivity index is 1.99. The van der Waals surface area contributed by atoms with E-state index in [2.05, 4.69) is 59.7 Å². The Morgan fingerprint density at radius 2 is 2.22 bits per heavy atom. The lowest BCUT2D eigenvalue weighted by atomic mass is 10.1. The Morgan fingerprint density at radius 3 is 2.83 bits per heavy atom. The van der Waals surface area contributed by atoms with Crippen LogP contribution in [-0.2, 0) is 6.54 Å². The Morgan fingerprint density at radius 1 is 1.39 bits per heavy atom. The van der Waals surface area contributed by atoms with Crippen LogP contribution in [0.2, 0.25) is 0 Å². The van der Waals surface area contributed by atoms with Gasteiger partial charge in [0.1, 0.15) is 0 Å². The molecule has 4 nitrogen and oxygen atoms in total. The molecule has 1 aromatic rings. The first kappa shape index (κ1) is 12.7. The topological polar surface area (TPSA) is 39.7 Å². The summed E-state index contributed by atoms with van der Waals surface area (Å²) in [7, 11) is 4.13. The molecule has 1 aliphatic heterocycles. The quantitative estimate of drug-likeness (QED) is 0.849. The Bertz CT molecular complexity index is 437. The molecule has 2 rings (SSSR count). The molecular formula is C14H22N4. The molecule has 0 aromatic heterocycles. The maximum atomic E-state index is 4.41. The zero-order valence-electron chi connectivity index (χ0n) is 11.5. The molecule has 1 aromatic carbocycles. The number of nitrogens with one attached hydrogen (secondary N) is 2. The zero-order chi connectivity index (χ0) is 13.0. The third kappa shape index (κ3) is 3.15. The SMILES string of the molecule is Cc1cc(N(C)C)ccc1CNC1=NCCCN1. The van der Waals surface area contributed by atoms with Gasteiger partial charge in [-0.3, -0.25) is 4.99 Å².